The number of amides is 2. The summed E-state index contributed by atoms with van der Waals surface area (Å²) in [6.07, 6.45) is 10.7. The van der Waals surface area contributed by atoms with Crippen LogP contribution in [0.2, 0.25) is 0 Å². The maximum absolute atomic E-state index is 14.9. The Morgan fingerprint density at radius 3 is 2.31 bits per heavy atom. The molecular formula is C38H50N4O3. The number of benzene rings is 1. The number of H-pyrrole nitrogens is 1. The number of nitrogens with one attached hydrogen (secondary N) is 2. The average Bonchev–Trinajstić information content (AvgIpc) is 3.35. The number of aromatic nitrogens is 1. The van der Waals surface area contributed by atoms with Gasteiger partial charge in [-0.1, -0.05) is 32.0 Å². The monoisotopic (exact) mass is 610 g/mol. The van der Waals surface area contributed by atoms with E-state index in [1.54, 1.807) is 6.26 Å². The predicted octanol–water partition coefficient (Wildman–Crippen LogP) is 6.78. The van der Waals surface area contributed by atoms with Crippen molar-refractivity contribution in [3.05, 3.63) is 59.7 Å². The maximum Gasteiger partial charge on any atom is 0.246 e. The normalized spacial score (nSPS) is 32.9. The largest absolute Gasteiger partial charge is 0.467 e. The van der Waals surface area contributed by atoms with Gasteiger partial charge < -0.3 is 24.5 Å². The first kappa shape index (κ1) is 29.3. The van der Waals surface area contributed by atoms with E-state index in [9.17, 15) is 9.59 Å². The lowest BCUT2D eigenvalue weighted by atomic mass is 9.53. The van der Waals surface area contributed by atoms with E-state index in [-0.39, 0.29) is 34.6 Å². The molecular weight excluding hydrogens is 560 g/mol. The molecule has 0 unspecified atom stereocenters. The van der Waals surface area contributed by atoms with Crippen LogP contribution in [0.5, 0.6) is 0 Å². The van der Waals surface area contributed by atoms with Crippen LogP contribution < -0.4 is 5.32 Å². The van der Waals surface area contributed by atoms with Gasteiger partial charge in [-0.05, 0) is 124 Å². The van der Waals surface area contributed by atoms with Crippen molar-refractivity contribution in [2.24, 2.45) is 29.1 Å². The highest BCUT2D eigenvalue weighted by Gasteiger charge is 2.61. The molecule has 2 aromatic heterocycles. The van der Waals surface area contributed by atoms with Crippen LogP contribution in [-0.2, 0) is 16.1 Å². The number of rotatable bonds is 8. The number of furan rings is 1. The van der Waals surface area contributed by atoms with Gasteiger partial charge in [0.2, 0.25) is 11.8 Å². The van der Waals surface area contributed by atoms with Crippen LogP contribution in [0, 0.1) is 36.0 Å². The molecule has 5 aliphatic carbocycles. The van der Waals surface area contributed by atoms with Crippen LogP contribution in [0.4, 0.5) is 0 Å². The summed E-state index contributed by atoms with van der Waals surface area (Å²) < 4.78 is 5.85. The topological polar surface area (TPSA) is 81.6 Å². The van der Waals surface area contributed by atoms with Gasteiger partial charge in [-0.3, -0.25) is 9.59 Å². The standard InChI is InChI=1S/C38H50N4O3/c1-24-33(29-9-5-6-10-31(29)39-24)34-30(36(34,2)3)19-32(43)42(23-28-8-7-15-45-28)38(11-13-41(4)14-12-38)35(44)40-37-20-25-16-26(21-37)18-27(17-25)22-37/h5-10,15,25-27,30,34,39H,11-14,16-23H2,1-4H3,(H,40,44)/t25?,26?,27?,30-,34-,37?/m1/s1. The van der Waals surface area contributed by atoms with E-state index >= 15 is 0 Å². The molecule has 0 spiro atoms. The Kier molecular flexibility index (Phi) is 6.84. The molecule has 5 saturated carbocycles. The highest BCUT2D eigenvalue weighted by atomic mass is 16.3. The zero-order chi connectivity index (χ0) is 31.1. The van der Waals surface area contributed by atoms with E-state index in [1.165, 1.54) is 35.9 Å². The molecule has 1 aliphatic heterocycles. The van der Waals surface area contributed by atoms with E-state index < -0.39 is 5.54 Å². The molecule has 7 nitrogen and oxygen atoms in total. The van der Waals surface area contributed by atoms with Gasteiger partial charge in [0.05, 0.1) is 12.8 Å². The predicted molar refractivity (Wildman–Crippen MR) is 175 cm³/mol. The Balaban J connectivity index is 1.11. The maximum atomic E-state index is 14.9. The molecule has 3 heterocycles. The van der Waals surface area contributed by atoms with Crippen LogP contribution in [0.1, 0.15) is 94.6 Å². The molecule has 2 N–H and O–H groups in total. The van der Waals surface area contributed by atoms with Crippen molar-refractivity contribution in [3.63, 3.8) is 0 Å². The lowest BCUT2D eigenvalue weighted by Gasteiger charge is -2.58. The van der Waals surface area contributed by atoms with Crippen LogP contribution in [0.3, 0.4) is 0 Å². The van der Waals surface area contributed by atoms with E-state index in [0.717, 1.165) is 61.4 Å². The molecule has 1 saturated heterocycles. The highest BCUT2D eigenvalue weighted by Crippen LogP contribution is 2.67. The van der Waals surface area contributed by atoms with Crippen molar-refractivity contribution < 1.29 is 14.0 Å². The third-order valence-corrected chi connectivity index (χ3v) is 13.1. The van der Waals surface area contributed by atoms with Crippen molar-refractivity contribution >= 4 is 22.7 Å². The van der Waals surface area contributed by atoms with Crippen molar-refractivity contribution in [2.75, 3.05) is 20.1 Å². The first-order chi connectivity index (χ1) is 21.6. The number of carbonyl (C=O) groups excluding carboxylic acids is 2. The van der Waals surface area contributed by atoms with Crippen molar-refractivity contribution in [1.82, 2.24) is 20.1 Å². The van der Waals surface area contributed by atoms with E-state index in [2.05, 4.69) is 67.3 Å². The Morgan fingerprint density at radius 2 is 1.67 bits per heavy atom. The lowest BCUT2D eigenvalue weighted by molar-refractivity contribution is -0.156. The van der Waals surface area contributed by atoms with Crippen molar-refractivity contribution in [2.45, 2.75) is 102 Å². The number of nitrogens with zero attached hydrogens (tertiary/aromatic N) is 2. The van der Waals surface area contributed by atoms with Crippen molar-refractivity contribution in [3.8, 4) is 0 Å². The number of hydrogen-bond donors (Lipinski definition) is 2. The number of piperidine rings is 1. The number of para-hydroxylation sites is 1. The minimum Gasteiger partial charge on any atom is -0.467 e. The molecule has 45 heavy (non-hydrogen) atoms. The van der Waals surface area contributed by atoms with Crippen molar-refractivity contribution in [1.29, 1.82) is 0 Å². The van der Waals surface area contributed by atoms with Crippen LogP contribution in [-0.4, -0.2) is 57.8 Å². The van der Waals surface area contributed by atoms with Crippen LogP contribution in [0.15, 0.2) is 47.1 Å². The summed E-state index contributed by atoms with van der Waals surface area (Å²) in [6.45, 7) is 8.68. The molecule has 6 aliphatic rings. The molecule has 2 atom stereocenters. The number of aryl methyl sites for hydroxylation is 1. The fraction of sp³-hybridized carbons (Fsp3) is 0.632. The molecule has 9 rings (SSSR count). The number of likely N-dealkylation sites (tertiary alicyclic amines) is 1. The van der Waals surface area contributed by atoms with Gasteiger partial charge in [0.1, 0.15) is 11.3 Å². The molecule has 240 valence electrons. The first-order valence-electron chi connectivity index (χ1n) is 17.5. The summed E-state index contributed by atoms with van der Waals surface area (Å²) >= 11 is 0. The summed E-state index contributed by atoms with van der Waals surface area (Å²) in [4.78, 5) is 37.6. The summed E-state index contributed by atoms with van der Waals surface area (Å²) in [6, 6.07) is 12.3. The second-order valence-corrected chi connectivity index (χ2v) is 16.4. The Hall–Kier alpha value is -3.06. The summed E-state index contributed by atoms with van der Waals surface area (Å²) in [7, 11) is 2.13. The third kappa shape index (κ3) is 4.87. The Labute approximate surface area is 267 Å². The average molecular weight is 611 g/mol. The quantitative estimate of drug-likeness (QED) is 0.295. The van der Waals surface area contributed by atoms with E-state index in [0.29, 0.717) is 25.8 Å². The van der Waals surface area contributed by atoms with E-state index in [1.807, 2.05) is 17.0 Å². The molecule has 3 aromatic rings. The molecule has 6 fully saturated rings. The molecule has 4 bridgehead atoms. The minimum atomic E-state index is -0.884. The summed E-state index contributed by atoms with van der Waals surface area (Å²) in [5.41, 5.74) is 2.70. The van der Waals surface area contributed by atoms with Gasteiger partial charge in [0.25, 0.3) is 0 Å². The summed E-state index contributed by atoms with van der Waals surface area (Å²) in [5, 5.41) is 4.98. The third-order valence-electron chi connectivity index (χ3n) is 13.1. The SMILES string of the molecule is Cc1[nH]c2ccccc2c1[C@H]1[C@@H](CC(=O)N(Cc2ccco2)C2(C(=O)NC34CC5CC(CC(C5)C3)C4)CCN(C)CC2)C1(C)C. The highest BCUT2D eigenvalue weighted by molar-refractivity contribution is 5.93. The lowest BCUT2D eigenvalue weighted by Crippen LogP contribution is -2.69. The number of carbonyl (C=O) groups is 2. The molecule has 0 radical (unpaired) electrons. The smallest absolute Gasteiger partial charge is 0.246 e. The zero-order valence-electron chi connectivity index (χ0n) is 27.5. The first-order valence-corrected chi connectivity index (χ1v) is 17.5. The number of aromatic amines is 1. The van der Waals surface area contributed by atoms with Gasteiger partial charge in [0.15, 0.2) is 0 Å². The second-order valence-electron chi connectivity index (χ2n) is 16.4. The zero-order valence-corrected chi connectivity index (χ0v) is 27.5. The molecule has 2 amide bonds. The number of hydrogen-bond acceptors (Lipinski definition) is 4. The van der Waals surface area contributed by atoms with Crippen LogP contribution in [0.25, 0.3) is 10.9 Å². The van der Waals surface area contributed by atoms with Crippen LogP contribution >= 0.6 is 0 Å². The van der Waals surface area contributed by atoms with Gasteiger partial charge in [0, 0.05) is 41.6 Å². The minimum absolute atomic E-state index is 0.0108. The fourth-order valence-corrected chi connectivity index (χ4v) is 11.0. The second kappa shape index (κ2) is 10.5. The Bertz CT molecular complexity index is 1560. The molecule has 1 aromatic carbocycles. The van der Waals surface area contributed by atoms with Gasteiger partial charge >= 0.3 is 0 Å². The van der Waals surface area contributed by atoms with E-state index in [4.69, 9.17) is 4.42 Å². The number of fused-ring (bicyclic) bond motifs is 1. The Morgan fingerprint density at radius 1 is 1.00 bits per heavy atom. The molecule has 7 heteroatoms. The summed E-state index contributed by atoms with van der Waals surface area (Å²) in [5.74, 6) is 3.62. The van der Waals surface area contributed by atoms with Gasteiger partial charge in [-0.15, -0.1) is 0 Å². The van der Waals surface area contributed by atoms with Gasteiger partial charge in [-0.2, -0.15) is 0 Å². The fourth-order valence-electron chi connectivity index (χ4n) is 11.0. The van der Waals surface area contributed by atoms with Gasteiger partial charge in [-0.25, -0.2) is 0 Å².